The topological polar surface area (TPSA) is 78.3 Å². The maximum absolute atomic E-state index is 13.3. The third kappa shape index (κ3) is 2.58. The highest BCUT2D eigenvalue weighted by molar-refractivity contribution is 5.95. The van der Waals surface area contributed by atoms with Crippen LogP contribution in [0.15, 0.2) is 35.2 Å². The molecule has 0 aromatic carbocycles. The molecule has 0 radical (unpaired) electrons. The molecule has 0 bridgehead atoms. The standard InChI is InChI=1S/C29H38O6/c1-7-13-33-21-15-19-25(2,3)20(30)9-11-26(19,4)18-8-12-27(5)22(17-10-14-32-16-17)34-24(31)23-29(27,35-23)28(18,21)6/h9-11,14,16,18-19,21-23H,7-8,12-13,15H2,1-6H3/t18?,19?,21-,22+,23-,26-,27+,28+,29-/m1/s1. The van der Waals surface area contributed by atoms with Gasteiger partial charge in [-0.3, -0.25) is 4.79 Å². The number of furan rings is 1. The van der Waals surface area contributed by atoms with Gasteiger partial charge in [-0.1, -0.05) is 47.6 Å². The average Bonchev–Trinajstić information content (AvgIpc) is 3.38. The van der Waals surface area contributed by atoms with Crippen molar-refractivity contribution in [3.8, 4) is 0 Å². The van der Waals surface area contributed by atoms with Crippen LogP contribution in [-0.4, -0.2) is 36.2 Å². The molecule has 2 saturated carbocycles. The fraction of sp³-hybridized carbons (Fsp3) is 0.724. The fourth-order valence-electron chi connectivity index (χ4n) is 9.33. The summed E-state index contributed by atoms with van der Waals surface area (Å²) in [7, 11) is 0. The molecule has 2 saturated heterocycles. The summed E-state index contributed by atoms with van der Waals surface area (Å²) in [5.41, 5.74) is -1.31. The lowest BCUT2D eigenvalue weighted by molar-refractivity contribution is -0.255. The highest BCUT2D eigenvalue weighted by atomic mass is 16.7. The third-order valence-electron chi connectivity index (χ3n) is 11.1. The van der Waals surface area contributed by atoms with Crippen LogP contribution in [0.25, 0.3) is 0 Å². The number of allylic oxidation sites excluding steroid dienone is 2. The summed E-state index contributed by atoms with van der Waals surface area (Å²) in [6.07, 6.45) is 9.67. The van der Waals surface area contributed by atoms with Crippen molar-refractivity contribution >= 4 is 11.8 Å². The number of rotatable bonds is 4. The van der Waals surface area contributed by atoms with Crippen molar-refractivity contribution in [3.05, 3.63) is 36.3 Å². The zero-order valence-electron chi connectivity index (χ0n) is 21.8. The second kappa shape index (κ2) is 7.10. The van der Waals surface area contributed by atoms with Gasteiger partial charge in [-0.2, -0.15) is 0 Å². The second-order valence-corrected chi connectivity index (χ2v) is 12.8. The summed E-state index contributed by atoms with van der Waals surface area (Å²) in [6.45, 7) is 13.8. The number of ketones is 1. The van der Waals surface area contributed by atoms with E-state index in [0.717, 1.165) is 31.2 Å². The van der Waals surface area contributed by atoms with Crippen LogP contribution in [0.4, 0.5) is 0 Å². The number of cyclic esters (lactones) is 1. The minimum Gasteiger partial charge on any atom is -0.472 e. The van der Waals surface area contributed by atoms with Crippen LogP contribution in [0.1, 0.15) is 78.9 Å². The van der Waals surface area contributed by atoms with E-state index in [-0.39, 0.29) is 35.1 Å². The molecule has 3 aliphatic carbocycles. The summed E-state index contributed by atoms with van der Waals surface area (Å²) >= 11 is 0. The molecule has 6 rings (SSSR count). The van der Waals surface area contributed by atoms with E-state index in [0.29, 0.717) is 6.61 Å². The van der Waals surface area contributed by atoms with Gasteiger partial charge < -0.3 is 18.6 Å². The number of hydrogen-bond acceptors (Lipinski definition) is 6. The summed E-state index contributed by atoms with van der Waals surface area (Å²) in [4.78, 5) is 26.3. The molecule has 2 aliphatic heterocycles. The highest BCUT2D eigenvalue weighted by Crippen LogP contribution is 2.79. The predicted octanol–water partition coefficient (Wildman–Crippen LogP) is 5.42. The van der Waals surface area contributed by atoms with Crippen molar-refractivity contribution in [1.82, 2.24) is 0 Å². The summed E-state index contributed by atoms with van der Waals surface area (Å²) < 4.78 is 24.8. The molecular formula is C29H38O6. The van der Waals surface area contributed by atoms with Gasteiger partial charge >= 0.3 is 5.97 Å². The lowest BCUT2D eigenvalue weighted by atomic mass is 9.35. The molecule has 1 spiro atoms. The van der Waals surface area contributed by atoms with Crippen molar-refractivity contribution in [2.75, 3.05) is 6.61 Å². The number of epoxide rings is 1. The number of ether oxygens (including phenoxy) is 3. The van der Waals surface area contributed by atoms with E-state index in [9.17, 15) is 9.59 Å². The van der Waals surface area contributed by atoms with Crippen LogP contribution in [0.5, 0.6) is 0 Å². The van der Waals surface area contributed by atoms with E-state index < -0.39 is 34.1 Å². The van der Waals surface area contributed by atoms with Crippen LogP contribution in [-0.2, 0) is 23.8 Å². The first-order valence-corrected chi connectivity index (χ1v) is 13.2. The Morgan fingerprint density at radius 1 is 1.09 bits per heavy atom. The molecule has 0 N–H and O–H groups in total. The Morgan fingerprint density at radius 2 is 1.86 bits per heavy atom. The van der Waals surface area contributed by atoms with Crippen molar-refractivity contribution in [1.29, 1.82) is 0 Å². The quantitative estimate of drug-likeness (QED) is 0.421. The largest absolute Gasteiger partial charge is 0.472 e. The Morgan fingerprint density at radius 3 is 2.54 bits per heavy atom. The molecule has 6 nitrogen and oxygen atoms in total. The zero-order chi connectivity index (χ0) is 25.0. The minimum atomic E-state index is -0.688. The maximum Gasteiger partial charge on any atom is 0.339 e. The minimum absolute atomic E-state index is 0.121. The van der Waals surface area contributed by atoms with Crippen LogP contribution in [0.3, 0.4) is 0 Å². The maximum atomic E-state index is 13.3. The van der Waals surface area contributed by atoms with Crippen LogP contribution >= 0.6 is 0 Å². The van der Waals surface area contributed by atoms with Gasteiger partial charge in [-0.25, -0.2) is 4.79 Å². The van der Waals surface area contributed by atoms with E-state index in [1.165, 1.54) is 0 Å². The Balaban J connectivity index is 1.53. The predicted molar refractivity (Wildman–Crippen MR) is 128 cm³/mol. The molecule has 0 amide bonds. The highest BCUT2D eigenvalue weighted by Gasteiger charge is 2.88. The monoisotopic (exact) mass is 482 g/mol. The smallest absolute Gasteiger partial charge is 0.339 e. The van der Waals surface area contributed by atoms with Gasteiger partial charge in [0, 0.05) is 28.4 Å². The van der Waals surface area contributed by atoms with Crippen LogP contribution < -0.4 is 0 Å². The van der Waals surface area contributed by atoms with Gasteiger partial charge in [-0.15, -0.1) is 0 Å². The zero-order valence-corrected chi connectivity index (χ0v) is 21.8. The molecule has 1 aromatic rings. The average molecular weight is 483 g/mol. The van der Waals surface area contributed by atoms with Crippen LogP contribution in [0.2, 0.25) is 0 Å². The molecule has 3 heterocycles. The Bertz CT molecular complexity index is 1090. The van der Waals surface area contributed by atoms with Crippen molar-refractivity contribution in [3.63, 3.8) is 0 Å². The van der Waals surface area contributed by atoms with E-state index >= 15 is 0 Å². The number of fused-ring (bicyclic) bond motifs is 3. The molecule has 35 heavy (non-hydrogen) atoms. The third-order valence-corrected chi connectivity index (χ3v) is 11.1. The molecule has 5 aliphatic rings. The molecular weight excluding hydrogens is 444 g/mol. The van der Waals surface area contributed by atoms with Crippen LogP contribution in [0, 0.1) is 33.5 Å². The second-order valence-electron chi connectivity index (χ2n) is 12.8. The summed E-state index contributed by atoms with van der Waals surface area (Å²) in [6, 6.07) is 1.90. The van der Waals surface area contributed by atoms with Crippen molar-refractivity contribution in [2.24, 2.45) is 33.5 Å². The van der Waals surface area contributed by atoms with Gasteiger partial charge in [0.2, 0.25) is 0 Å². The van der Waals surface area contributed by atoms with E-state index in [1.54, 1.807) is 12.5 Å². The summed E-state index contributed by atoms with van der Waals surface area (Å²) in [5, 5.41) is 0. The first-order chi connectivity index (χ1) is 16.5. The molecule has 4 fully saturated rings. The fourth-order valence-corrected chi connectivity index (χ4v) is 9.33. The van der Waals surface area contributed by atoms with Gasteiger partial charge in [0.1, 0.15) is 11.7 Å². The van der Waals surface area contributed by atoms with E-state index in [4.69, 9.17) is 18.6 Å². The van der Waals surface area contributed by atoms with Gasteiger partial charge in [0.15, 0.2) is 11.9 Å². The van der Waals surface area contributed by atoms with Crippen molar-refractivity contribution in [2.45, 2.75) is 91.1 Å². The lowest BCUT2D eigenvalue weighted by Gasteiger charge is -2.69. The number of carbonyl (C=O) groups excluding carboxylic acids is 2. The van der Waals surface area contributed by atoms with Gasteiger partial charge in [0.25, 0.3) is 0 Å². The van der Waals surface area contributed by atoms with Gasteiger partial charge in [0.05, 0.1) is 18.6 Å². The van der Waals surface area contributed by atoms with E-state index in [2.05, 4.69) is 47.6 Å². The number of hydrogen-bond donors (Lipinski definition) is 0. The van der Waals surface area contributed by atoms with Gasteiger partial charge in [-0.05, 0) is 55.1 Å². The number of esters is 1. The SMILES string of the molecule is CCCO[C@@H]1CC2C(C)(C)C(=O)C=C[C@]2(C)C2CC[C@@]3(C)[C@H](c4ccoc4)OC(=O)[C@H]4O[C@]43[C@@]21C. The summed E-state index contributed by atoms with van der Waals surface area (Å²) in [5.74, 6) is 0.268. The van der Waals surface area contributed by atoms with E-state index in [1.807, 2.05) is 12.1 Å². The molecule has 6 heteroatoms. The lowest BCUT2D eigenvalue weighted by Crippen LogP contribution is -2.72. The van der Waals surface area contributed by atoms with Crippen molar-refractivity contribution < 1.29 is 28.2 Å². The Kier molecular flexibility index (Phi) is 4.76. The molecule has 1 aromatic heterocycles. The Labute approximate surface area is 207 Å². The first kappa shape index (κ1) is 23.5. The normalized spacial score (nSPS) is 49.4. The first-order valence-electron chi connectivity index (χ1n) is 13.2. The molecule has 9 atom stereocenters. The Hall–Kier alpha value is -1.92. The molecule has 2 unspecified atom stereocenters. The molecule has 190 valence electrons. The number of carbonyl (C=O) groups is 2.